The van der Waals surface area contributed by atoms with Crippen LogP contribution in [0.1, 0.15) is 35.8 Å². The van der Waals surface area contributed by atoms with Gasteiger partial charge in [-0.15, -0.1) is 0 Å². The normalized spacial score (nSPS) is 12.4. The molecule has 0 fully saturated rings. The van der Waals surface area contributed by atoms with E-state index in [0.29, 0.717) is 5.56 Å². The lowest BCUT2D eigenvalue weighted by Crippen LogP contribution is -2.07. The highest BCUT2D eigenvalue weighted by molar-refractivity contribution is 5.93. The molecule has 0 radical (unpaired) electrons. The highest BCUT2D eigenvalue weighted by Gasteiger charge is 2.10. The van der Waals surface area contributed by atoms with Crippen LogP contribution in [0.3, 0.4) is 0 Å². The molecule has 2 aromatic rings. The van der Waals surface area contributed by atoms with E-state index in [1.807, 2.05) is 6.92 Å². The van der Waals surface area contributed by atoms with Crippen molar-refractivity contribution in [3.63, 3.8) is 0 Å². The van der Waals surface area contributed by atoms with E-state index in [-0.39, 0.29) is 17.6 Å². The van der Waals surface area contributed by atoms with Crippen LogP contribution in [-0.2, 0) is 0 Å². The van der Waals surface area contributed by atoms with Crippen LogP contribution in [0.5, 0.6) is 0 Å². The van der Waals surface area contributed by atoms with Gasteiger partial charge in [-0.05, 0) is 31.5 Å². The summed E-state index contributed by atoms with van der Waals surface area (Å²) in [5.74, 6) is -0.270. The van der Waals surface area contributed by atoms with Gasteiger partial charge in [-0.3, -0.25) is 9.48 Å². The van der Waals surface area contributed by atoms with Crippen LogP contribution in [-0.4, -0.2) is 15.6 Å². The van der Waals surface area contributed by atoms with Gasteiger partial charge in [0.2, 0.25) is 0 Å². The average molecular weight is 232 g/mol. The third-order valence-electron chi connectivity index (χ3n) is 2.76. The Hall–Kier alpha value is -1.97. The molecule has 0 amide bonds. The number of carbonyl (C=O) groups is 1. The Balaban J connectivity index is 2.27. The zero-order valence-electron chi connectivity index (χ0n) is 9.72. The Morgan fingerprint density at radius 2 is 2.00 bits per heavy atom. The van der Waals surface area contributed by atoms with E-state index in [4.69, 9.17) is 0 Å². The first-order valence-corrected chi connectivity index (χ1v) is 5.38. The lowest BCUT2D eigenvalue weighted by molar-refractivity contribution is 0.101. The van der Waals surface area contributed by atoms with E-state index in [2.05, 4.69) is 5.10 Å². The summed E-state index contributed by atoms with van der Waals surface area (Å²) in [6.07, 6.45) is 3.25. The van der Waals surface area contributed by atoms with Crippen molar-refractivity contribution in [2.45, 2.75) is 19.9 Å². The zero-order valence-corrected chi connectivity index (χ0v) is 9.72. The maximum absolute atomic E-state index is 12.8. The van der Waals surface area contributed by atoms with Crippen molar-refractivity contribution in [1.29, 1.82) is 0 Å². The monoisotopic (exact) mass is 232 g/mol. The summed E-state index contributed by atoms with van der Waals surface area (Å²) in [7, 11) is 0. The van der Waals surface area contributed by atoms with Gasteiger partial charge in [-0.25, -0.2) is 4.39 Å². The molecule has 0 spiro atoms. The highest BCUT2D eigenvalue weighted by atomic mass is 19.1. The Labute approximate surface area is 98.9 Å². The van der Waals surface area contributed by atoms with E-state index in [9.17, 15) is 9.18 Å². The Morgan fingerprint density at radius 1 is 1.35 bits per heavy atom. The summed E-state index contributed by atoms with van der Waals surface area (Å²) in [5.41, 5.74) is 1.53. The average Bonchev–Trinajstić information content (AvgIpc) is 2.78. The second-order valence-corrected chi connectivity index (χ2v) is 3.99. The molecule has 2 rings (SSSR count). The fourth-order valence-electron chi connectivity index (χ4n) is 1.63. The largest absolute Gasteiger partial charge is 0.294 e. The number of Topliss-reactive ketones (excluding diaryl/α,β-unsaturated/α-hetero) is 1. The Morgan fingerprint density at radius 3 is 2.53 bits per heavy atom. The third-order valence-corrected chi connectivity index (χ3v) is 2.76. The van der Waals surface area contributed by atoms with Crippen LogP contribution in [0.25, 0.3) is 0 Å². The molecule has 1 aromatic carbocycles. The van der Waals surface area contributed by atoms with Crippen molar-refractivity contribution in [3.05, 3.63) is 53.6 Å². The Kier molecular flexibility index (Phi) is 3.04. The van der Waals surface area contributed by atoms with Gasteiger partial charge in [0.1, 0.15) is 5.82 Å². The Bertz CT molecular complexity index is 531. The SMILES string of the molecule is CC(=O)c1cnn([C@@H](C)c2ccc(F)cc2)c1. The molecule has 0 bridgehead atoms. The van der Waals surface area contributed by atoms with Gasteiger partial charge in [0.15, 0.2) is 5.78 Å². The molecule has 0 aliphatic rings. The first kappa shape index (κ1) is 11.5. The standard InChI is InChI=1S/C13H13FN2O/c1-9(11-3-5-13(14)6-4-11)16-8-12(7-15-16)10(2)17/h3-9H,1-2H3/t9-/m0/s1. The molecule has 1 heterocycles. The van der Waals surface area contributed by atoms with Gasteiger partial charge < -0.3 is 0 Å². The van der Waals surface area contributed by atoms with E-state index in [1.54, 1.807) is 29.2 Å². The summed E-state index contributed by atoms with van der Waals surface area (Å²) in [6, 6.07) is 6.25. The molecule has 0 saturated heterocycles. The van der Waals surface area contributed by atoms with Crippen LogP contribution in [0.15, 0.2) is 36.7 Å². The molecule has 0 aliphatic heterocycles. The molecule has 0 saturated carbocycles. The van der Waals surface area contributed by atoms with Gasteiger partial charge in [0.25, 0.3) is 0 Å². The van der Waals surface area contributed by atoms with Gasteiger partial charge in [-0.2, -0.15) is 5.10 Å². The summed E-state index contributed by atoms with van der Waals surface area (Å²) in [6.45, 7) is 3.45. The maximum Gasteiger partial charge on any atom is 0.162 e. The number of benzene rings is 1. The predicted octanol–water partition coefficient (Wildman–Crippen LogP) is 2.83. The van der Waals surface area contributed by atoms with E-state index < -0.39 is 0 Å². The predicted molar refractivity (Wildman–Crippen MR) is 62.4 cm³/mol. The fraction of sp³-hybridized carbons (Fsp3) is 0.231. The number of hydrogen-bond acceptors (Lipinski definition) is 2. The van der Waals surface area contributed by atoms with E-state index >= 15 is 0 Å². The van der Waals surface area contributed by atoms with Gasteiger partial charge in [0.05, 0.1) is 17.8 Å². The minimum Gasteiger partial charge on any atom is -0.294 e. The van der Waals surface area contributed by atoms with Crippen LogP contribution in [0, 0.1) is 5.82 Å². The summed E-state index contributed by atoms with van der Waals surface area (Å²) in [4.78, 5) is 11.2. The molecule has 88 valence electrons. The van der Waals surface area contributed by atoms with Crippen LogP contribution >= 0.6 is 0 Å². The highest BCUT2D eigenvalue weighted by Crippen LogP contribution is 2.17. The van der Waals surface area contributed by atoms with Crippen molar-refractivity contribution in [1.82, 2.24) is 9.78 Å². The number of rotatable bonds is 3. The second kappa shape index (κ2) is 4.49. The second-order valence-electron chi connectivity index (χ2n) is 3.99. The van der Waals surface area contributed by atoms with Crippen molar-refractivity contribution < 1.29 is 9.18 Å². The summed E-state index contributed by atoms with van der Waals surface area (Å²) >= 11 is 0. The van der Waals surface area contributed by atoms with Gasteiger partial charge in [-0.1, -0.05) is 12.1 Å². The van der Waals surface area contributed by atoms with Crippen molar-refractivity contribution in [3.8, 4) is 0 Å². The molecule has 0 N–H and O–H groups in total. The third kappa shape index (κ3) is 2.41. The topological polar surface area (TPSA) is 34.9 Å². The van der Waals surface area contributed by atoms with Gasteiger partial charge >= 0.3 is 0 Å². The minimum atomic E-state index is -0.258. The molecule has 0 unspecified atom stereocenters. The minimum absolute atomic E-state index is 0.0115. The van der Waals surface area contributed by atoms with E-state index in [0.717, 1.165) is 5.56 Å². The maximum atomic E-state index is 12.8. The zero-order chi connectivity index (χ0) is 12.4. The number of aromatic nitrogens is 2. The molecule has 1 aromatic heterocycles. The van der Waals surface area contributed by atoms with Gasteiger partial charge in [0, 0.05) is 6.20 Å². The molecular weight excluding hydrogens is 219 g/mol. The van der Waals surface area contributed by atoms with Crippen molar-refractivity contribution in [2.24, 2.45) is 0 Å². The van der Waals surface area contributed by atoms with Crippen molar-refractivity contribution in [2.75, 3.05) is 0 Å². The molecule has 17 heavy (non-hydrogen) atoms. The molecule has 1 atom stereocenters. The number of carbonyl (C=O) groups excluding carboxylic acids is 1. The van der Waals surface area contributed by atoms with Crippen LogP contribution in [0.2, 0.25) is 0 Å². The van der Waals surface area contributed by atoms with Crippen LogP contribution < -0.4 is 0 Å². The number of halogens is 1. The number of nitrogens with zero attached hydrogens (tertiary/aromatic N) is 2. The fourth-order valence-corrected chi connectivity index (χ4v) is 1.63. The smallest absolute Gasteiger partial charge is 0.162 e. The molecule has 3 nitrogen and oxygen atoms in total. The lowest BCUT2D eigenvalue weighted by Gasteiger charge is -2.12. The lowest BCUT2D eigenvalue weighted by atomic mass is 10.1. The molecule has 4 heteroatoms. The quantitative estimate of drug-likeness (QED) is 0.763. The molecular formula is C13H13FN2O. The molecule has 0 aliphatic carbocycles. The van der Waals surface area contributed by atoms with Crippen LogP contribution in [0.4, 0.5) is 4.39 Å². The number of hydrogen-bond donors (Lipinski definition) is 0. The van der Waals surface area contributed by atoms with E-state index in [1.165, 1.54) is 19.1 Å². The van der Waals surface area contributed by atoms with Crippen molar-refractivity contribution >= 4 is 5.78 Å². The number of ketones is 1. The first-order valence-electron chi connectivity index (χ1n) is 5.38. The summed E-state index contributed by atoms with van der Waals surface area (Å²) in [5, 5.41) is 4.14. The first-order chi connectivity index (χ1) is 8.08. The summed E-state index contributed by atoms with van der Waals surface area (Å²) < 4.78 is 14.5.